The van der Waals surface area contributed by atoms with E-state index in [9.17, 15) is 9.59 Å². The van der Waals surface area contributed by atoms with E-state index in [1.807, 2.05) is 55.5 Å². The Labute approximate surface area is 157 Å². The average molecular weight is 359 g/mol. The lowest BCUT2D eigenvalue weighted by Gasteiger charge is -2.28. The van der Waals surface area contributed by atoms with E-state index >= 15 is 0 Å². The first-order valence-corrected chi connectivity index (χ1v) is 9.16. The second-order valence-corrected chi connectivity index (χ2v) is 7.33. The Morgan fingerprint density at radius 2 is 1.56 bits per heavy atom. The van der Waals surface area contributed by atoms with E-state index in [2.05, 4.69) is 0 Å². The summed E-state index contributed by atoms with van der Waals surface area (Å²) in [6, 6.07) is 16.6. The fourth-order valence-electron chi connectivity index (χ4n) is 4.40. The third-order valence-electron chi connectivity index (χ3n) is 5.57. The van der Waals surface area contributed by atoms with Gasteiger partial charge in [-0.3, -0.25) is 14.5 Å². The normalized spacial score (nSPS) is 26.3. The minimum absolute atomic E-state index is 0.135. The SMILES string of the molecule is CC1=C[C@@H](B2Oc3ccccc3O2)[C@H]2C(=O)N(c3ccccc3)C(=O)[C@H]2C1. The summed E-state index contributed by atoms with van der Waals surface area (Å²) in [5, 5.41) is 0. The molecule has 3 aliphatic rings. The molecule has 2 amide bonds. The lowest BCUT2D eigenvalue weighted by Crippen LogP contribution is -2.40. The minimum Gasteiger partial charge on any atom is -0.523 e. The molecule has 0 saturated carbocycles. The molecule has 0 unspecified atom stereocenters. The van der Waals surface area contributed by atoms with E-state index in [0.29, 0.717) is 23.6 Å². The van der Waals surface area contributed by atoms with Gasteiger partial charge in [0, 0.05) is 0 Å². The Balaban J connectivity index is 1.50. The molecule has 0 aromatic heterocycles. The molecule has 0 bridgehead atoms. The number of anilines is 1. The number of benzene rings is 2. The Bertz CT molecular complexity index is 933. The first kappa shape index (κ1) is 16.2. The molecule has 0 radical (unpaired) electrons. The van der Waals surface area contributed by atoms with Crippen LogP contribution in [0.2, 0.25) is 5.82 Å². The van der Waals surface area contributed by atoms with Gasteiger partial charge in [-0.2, -0.15) is 0 Å². The second kappa shape index (κ2) is 6.01. The molecule has 2 heterocycles. The number of amides is 2. The maximum absolute atomic E-state index is 13.3. The van der Waals surface area contributed by atoms with Crippen molar-refractivity contribution in [3.8, 4) is 11.5 Å². The van der Waals surface area contributed by atoms with Crippen LogP contribution in [0.5, 0.6) is 11.5 Å². The second-order valence-electron chi connectivity index (χ2n) is 7.33. The lowest BCUT2D eigenvalue weighted by atomic mass is 9.58. The largest absolute Gasteiger partial charge is 0.603 e. The van der Waals surface area contributed by atoms with Crippen LogP contribution in [0.15, 0.2) is 66.2 Å². The topological polar surface area (TPSA) is 55.8 Å². The summed E-state index contributed by atoms with van der Waals surface area (Å²) < 4.78 is 12.0. The van der Waals surface area contributed by atoms with Gasteiger partial charge in [0.1, 0.15) is 11.5 Å². The van der Waals surface area contributed by atoms with Gasteiger partial charge >= 0.3 is 7.12 Å². The van der Waals surface area contributed by atoms with Crippen LogP contribution in [-0.4, -0.2) is 18.9 Å². The number of fused-ring (bicyclic) bond motifs is 2. The van der Waals surface area contributed by atoms with Crippen molar-refractivity contribution < 1.29 is 18.9 Å². The van der Waals surface area contributed by atoms with Crippen LogP contribution in [0, 0.1) is 11.8 Å². The van der Waals surface area contributed by atoms with E-state index < -0.39 is 13.0 Å². The number of hydrogen-bond acceptors (Lipinski definition) is 4. The third-order valence-corrected chi connectivity index (χ3v) is 5.57. The number of allylic oxidation sites excluding steroid dienone is 2. The predicted molar refractivity (Wildman–Crippen MR) is 101 cm³/mol. The van der Waals surface area contributed by atoms with E-state index in [1.54, 1.807) is 12.1 Å². The standard InChI is InChI=1S/C21H18BNO4/c1-13-11-15-19(21(25)23(20(15)24)14-7-3-2-4-8-14)16(12-13)22-26-17-9-5-6-10-18(17)27-22/h2-10,12,15-16,19H,11H2,1H3/t15-,16+,19-/m0/s1. The molecule has 2 aromatic rings. The Kier molecular flexibility index (Phi) is 3.60. The van der Waals surface area contributed by atoms with Gasteiger partial charge in [0.25, 0.3) is 0 Å². The van der Waals surface area contributed by atoms with Crippen LogP contribution >= 0.6 is 0 Å². The van der Waals surface area contributed by atoms with Crippen molar-refractivity contribution >= 4 is 24.6 Å². The van der Waals surface area contributed by atoms with Gasteiger partial charge in [0.2, 0.25) is 11.8 Å². The summed E-state index contributed by atoms with van der Waals surface area (Å²) in [4.78, 5) is 27.7. The van der Waals surface area contributed by atoms with E-state index in [4.69, 9.17) is 9.31 Å². The highest BCUT2D eigenvalue weighted by Gasteiger charge is 2.58. The average Bonchev–Trinajstić information content (AvgIpc) is 3.21. The molecule has 5 nitrogen and oxygen atoms in total. The van der Waals surface area contributed by atoms with Crippen molar-refractivity contribution in [1.29, 1.82) is 0 Å². The summed E-state index contributed by atoms with van der Waals surface area (Å²) in [5.41, 5.74) is 1.70. The maximum atomic E-state index is 13.3. The number of para-hydroxylation sites is 3. The quantitative estimate of drug-likeness (QED) is 0.468. The molecule has 2 aromatic carbocycles. The zero-order valence-corrected chi connectivity index (χ0v) is 14.9. The number of imide groups is 1. The number of carbonyl (C=O) groups is 2. The summed E-state index contributed by atoms with van der Waals surface area (Å²) >= 11 is 0. The molecule has 5 rings (SSSR count). The summed E-state index contributed by atoms with van der Waals surface area (Å²) in [6.07, 6.45) is 2.63. The molecule has 1 aliphatic carbocycles. The summed E-state index contributed by atoms with van der Waals surface area (Å²) in [5.74, 6) is -0.109. The molecule has 1 fully saturated rings. The minimum atomic E-state index is -0.599. The van der Waals surface area contributed by atoms with Crippen molar-refractivity contribution in [3.05, 3.63) is 66.2 Å². The number of carbonyl (C=O) groups excluding carboxylic acids is 2. The third kappa shape index (κ3) is 2.47. The van der Waals surface area contributed by atoms with E-state index in [0.717, 1.165) is 5.57 Å². The molecular weight excluding hydrogens is 341 g/mol. The van der Waals surface area contributed by atoms with Gasteiger partial charge in [-0.05, 0) is 37.6 Å². The van der Waals surface area contributed by atoms with Crippen LogP contribution < -0.4 is 14.2 Å². The smallest absolute Gasteiger partial charge is 0.523 e. The van der Waals surface area contributed by atoms with Gasteiger partial charge in [-0.25, -0.2) is 0 Å². The first-order chi connectivity index (χ1) is 13.1. The Morgan fingerprint density at radius 1 is 0.926 bits per heavy atom. The van der Waals surface area contributed by atoms with Gasteiger partial charge in [0.15, 0.2) is 0 Å². The first-order valence-electron chi connectivity index (χ1n) is 9.16. The zero-order valence-electron chi connectivity index (χ0n) is 14.9. The maximum Gasteiger partial charge on any atom is 0.603 e. The molecule has 1 saturated heterocycles. The monoisotopic (exact) mass is 359 g/mol. The molecule has 0 N–H and O–H groups in total. The molecule has 6 heteroatoms. The molecule has 0 spiro atoms. The number of rotatable bonds is 2. The number of hydrogen-bond donors (Lipinski definition) is 0. The lowest BCUT2D eigenvalue weighted by molar-refractivity contribution is -0.122. The van der Waals surface area contributed by atoms with Crippen molar-refractivity contribution in [3.63, 3.8) is 0 Å². The van der Waals surface area contributed by atoms with Gasteiger partial charge < -0.3 is 9.31 Å². The molecule has 3 atom stereocenters. The van der Waals surface area contributed by atoms with Crippen LogP contribution in [0.1, 0.15) is 13.3 Å². The molecular formula is C21H18BNO4. The van der Waals surface area contributed by atoms with Gasteiger partial charge in [0.05, 0.1) is 23.3 Å². The summed E-state index contributed by atoms with van der Waals surface area (Å²) in [7, 11) is -0.599. The van der Waals surface area contributed by atoms with Crippen LogP contribution in [0.25, 0.3) is 0 Å². The number of nitrogens with zero attached hydrogens (tertiary/aromatic N) is 1. The highest BCUT2D eigenvalue weighted by atomic mass is 16.6. The van der Waals surface area contributed by atoms with E-state index in [-0.39, 0.29) is 23.5 Å². The van der Waals surface area contributed by atoms with Gasteiger partial charge in [-0.1, -0.05) is 42.0 Å². The van der Waals surface area contributed by atoms with Crippen LogP contribution in [0.3, 0.4) is 0 Å². The highest BCUT2D eigenvalue weighted by molar-refractivity contribution is 6.51. The Hall–Kier alpha value is -3.02. The van der Waals surface area contributed by atoms with Crippen molar-refractivity contribution in [2.75, 3.05) is 4.90 Å². The molecule has 27 heavy (non-hydrogen) atoms. The van der Waals surface area contributed by atoms with Crippen molar-refractivity contribution in [1.82, 2.24) is 0 Å². The predicted octanol–water partition coefficient (Wildman–Crippen LogP) is 3.47. The molecule has 2 aliphatic heterocycles. The zero-order chi connectivity index (χ0) is 18.5. The van der Waals surface area contributed by atoms with Crippen molar-refractivity contribution in [2.45, 2.75) is 19.2 Å². The Morgan fingerprint density at radius 3 is 2.22 bits per heavy atom. The van der Waals surface area contributed by atoms with Crippen LogP contribution in [-0.2, 0) is 9.59 Å². The van der Waals surface area contributed by atoms with Crippen LogP contribution in [0.4, 0.5) is 5.69 Å². The highest BCUT2D eigenvalue weighted by Crippen LogP contribution is 2.48. The van der Waals surface area contributed by atoms with E-state index in [1.165, 1.54) is 4.90 Å². The summed E-state index contributed by atoms with van der Waals surface area (Å²) in [6.45, 7) is 1.99. The van der Waals surface area contributed by atoms with Crippen molar-refractivity contribution in [2.24, 2.45) is 11.8 Å². The molecule has 134 valence electrons. The fourth-order valence-corrected chi connectivity index (χ4v) is 4.40. The fraction of sp³-hybridized carbons (Fsp3) is 0.238. The van der Waals surface area contributed by atoms with Gasteiger partial charge in [-0.15, -0.1) is 0 Å².